The summed E-state index contributed by atoms with van der Waals surface area (Å²) >= 11 is 0. The van der Waals surface area contributed by atoms with E-state index in [1.165, 1.54) is 4.90 Å². The number of likely N-dealkylation sites (tertiary alicyclic amines) is 1. The molecule has 0 radical (unpaired) electrons. The van der Waals surface area contributed by atoms with Crippen molar-refractivity contribution in [2.75, 3.05) is 13.2 Å². The van der Waals surface area contributed by atoms with Gasteiger partial charge in [0.05, 0.1) is 11.6 Å². The van der Waals surface area contributed by atoms with Gasteiger partial charge < -0.3 is 19.5 Å². The zero-order valence-electron chi connectivity index (χ0n) is 19.6. The van der Waals surface area contributed by atoms with Crippen molar-refractivity contribution < 1.29 is 24.2 Å². The maximum absolute atomic E-state index is 13.3. The number of carbonyl (C=O) groups is 2. The van der Waals surface area contributed by atoms with Gasteiger partial charge in [-0.3, -0.25) is 14.6 Å². The molecule has 2 aliphatic heterocycles. The van der Waals surface area contributed by atoms with Crippen molar-refractivity contribution in [2.24, 2.45) is 0 Å². The van der Waals surface area contributed by atoms with Crippen LogP contribution in [0, 0.1) is 0 Å². The van der Waals surface area contributed by atoms with E-state index in [0.717, 1.165) is 16.7 Å². The van der Waals surface area contributed by atoms with Crippen molar-refractivity contribution in [3.8, 4) is 11.5 Å². The Balaban J connectivity index is 1.62. The Bertz CT molecular complexity index is 1300. The summed E-state index contributed by atoms with van der Waals surface area (Å²) < 4.78 is 11.2. The fraction of sp³-hybridized carbons (Fsp3) is 0.250. The smallest absolute Gasteiger partial charge is 0.295 e. The third kappa shape index (κ3) is 4.25. The van der Waals surface area contributed by atoms with Crippen LogP contribution in [-0.2, 0) is 16.1 Å². The predicted octanol–water partition coefficient (Wildman–Crippen LogP) is 4.60. The van der Waals surface area contributed by atoms with Crippen LogP contribution in [0.4, 0.5) is 0 Å². The SMILES string of the molecule is CC(C)c1ccc([C@H]2C(=C(O)c3ccc4c(c3)OCCO4)C(=O)C(=O)N2Cc2cccnc2)cc1. The van der Waals surface area contributed by atoms with E-state index in [4.69, 9.17) is 9.47 Å². The lowest BCUT2D eigenvalue weighted by molar-refractivity contribution is -0.140. The van der Waals surface area contributed by atoms with Crippen LogP contribution in [0.25, 0.3) is 5.76 Å². The highest BCUT2D eigenvalue weighted by atomic mass is 16.6. The summed E-state index contributed by atoms with van der Waals surface area (Å²) in [5, 5.41) is 11.3. The molecule has 2 aliphatic rings. The van der Waals surface area contributed by atoms with Crippen LogP contribution in [0.1, 0.15) is 48.1 Å². The molecular weight excluding hydrogens is 444 g/mol. The van der Waals surface area contributed by atoms with Crippen molar-refractivity contribution in [1.29, 1.82) is 0 Å². The van der Waals surface area contributed by atoms with Crippen molar-refractivity contribution in [3.05, 3.63) is 94.8 Å². The van der Waals surface area contributed by atoms with Gasteiger partial charge in [-0.25, -0.2) is 0 Å². The maximum atomic E-state index is 13.3. The Morgan fingerprint density at radius 2 is 1.80 bits per heavy atom. The van der Waals surface area contributed by atoms with Crippen LogP contribution in [0.5, 0.6) is 11.5 Å². The lowest BCUT2D eigenvalue weighted by Crippen LogP contribution is -2.29. The third-order valence-corrected chi connectivity index (χ3v) is 6.35. The Kier molecular flexibility index (Phi) is 5.99. The molecule has 0 spiro atoms. The molecule has 178 valence electrons. The molecule has 2 aromatic carbocycles. The van der Waals surface area contributed by atoms with Crippen molar-refractivity contribution in [1.82, 2.24) is 9.88 Å². The molecule has 7 nitrogen and oxygen atoms in total. The van der Waals surface area contributed by atoms with Crippen LogP contribution in [-0.4, -0.2) is 39.9 Å². The third-order valence-electron chi connectivity index (χ3n) is 6.35. The number of pyridine rings is 1. The lowest BCUT2D eigenvalue weighted by Gasteiger charge is -2.26. The Morgan fingerprint density at radius 3 is 2.49 bits per heavy atom. The minimum Gasteiger partial charge on any atom is -0.507 e. The zero-order valence-corrected chi connectivity index (χ0v) is 19.6. The number of carbonyl (C=O) groups excluding carboxylic acids is 2. The molecule has 3 aromatic rings. The average molecular weight is 471 g/mol. The van der Waals surface area contributed by atoms with Crippen LogP contribution >= 0.6 is 0 Å². The lowest BCUT2D eigenvalue weighted by atomic mass is 9.93. The number of nitrogens with zero attached hydrogens (tertiary/aromatic N) is 2. The summed E-state index contributed by atoms with van der Waals surface area (Å²) in [4.78, 5) is 32.1. The first-order valence-electron chi connectivity index (χ1n) is 11.6. The second-order valence-corrected chi connectivity index (χ2v) is 8.97. The number of Topliss-reactive ketones (excluding diaryl/α,β-unsaturated/α-hetero) is 1. The molecule has 1 aromatic heterocycles. The Hall–Kier alpha value is -4.13. The number of aliphatic hydroxyl groups excluding tert-OH is 1. The number of rotatable bonds is 5. The fourth-order valence-electron chi connectivity index (χ4n) is 4.49. The van der Waals surface area contributed by atoms with E-state index in [1.807, 2.05) is 30.3 Å². The summed E-state index contributed by atoms with van der Waals surface area (Å²) in [6.45, 7) is 5.24. The Labute approximate surface area is 203 Å². The number of hydrogen-bond donors (Lipinski definition) is 1. The summed E-state index contributed by atoms with van der Waals surface area (Å²) in [6, 6.07) is 15.7. The molecule has 1 atom stereocenters. The highest BCUT2D eigenvalue weighted by molar-refractivity contribution is 6.46. The number of aromatic nitrogens is 1. The quantitative estimate of drug-likeness (QED) is 0.333. The minimum absolute atomic E-state index is 0.0489. The van der Waals surface area contributed by atoms with Gasteiger partial charge in [-0.05, 0) is 46.9 Å². The molecule has 1 amide bonds. The van der Waals surface area contributed by atoms with E-state index in [2.05, 4.69) is 18.8 Å². The molecule has 0 bridgehead atoms. The molecule has 0 aliphatic carbocycles. The molecule has 3 heterocycles. The highest BCUT2D eigenvalue weighted by Gasteiger charge is 2.46. The summed E-state index contributed by atoms with van der Waals surface area (Å²) in [7, 11) is 0. The number of ketones is 1. The monoisotopic (exact) mass is 470 g/mol. The molecule has 0 unspecified atom stereocenters. The van der Waals surface area contributed by atoms with E-state index in [-0.39, 0.29) is 17.9 Å². The molecule has 1 N–H and O–H groups in total. The molecule has 35 heavy (non-hydrogen) atoms. The van der Waals surface area contributed by atoms with Crippen LogP contribution in [0.2, 0.25) is 0 Å². The van der Waals surface area contributed by atoms with Crippen LogP contribution < -0.4 is 9.47 Å². The maximum Gasteiger partial charge on any atom is 0.295 e. The molecule has 0 saturated carbocycles. The van der Waals surface area contributed by atoms with Gasteiger partial charge in [0.2, 0.25) is 0 Å². The number of ether oxygens (including phenoxy) is 2. The van der Waals surface area contributed by atoms with Gasteiger partial charge in [-0.15, -0.1) is 0 Å². The zero-order chi connectivity index (χ0) is 24.5. The topological polar surface area (TPSA) is 89.0 Å². The van der Waals surface area contributed by atoms with Crippen LogP contribution in [0.3, 0.4) is 0 Å². The van der Waals surface area contributed by atoms with Gasteiger partial charge in [0.25, 0.3) is 11.7 Å². The number of fused-ring (bicyclic) bond motifs is 1. The van der Waals surface area contributed by atoms with E-state index in [1.54, 1.807) is 36.7 Å². The van der Waals surface area contributed by atoms with Crippen molar-refractivity contribution >= 4 is 17.4 Å². The number of aliphatic hydroxyl groups is 1. The number of amides is 1. The number of benzene rings is 2. The predicted molar refractivity (Wildman–Crippen MR) is 130 cm³/mol. The second kappa shape index (κ2) is 9.25. The average Bonchev–Trinajstić information content (AvgIpc) is 3.13. The Morgan fingerprint density at radius 1 is 1.06 bits per heavy atom. The van der Waals surface area contributed by atoms with Crippen molar-refractivity contribution in [3.63, 3.8) is 0 Å². The molecule has 1 saturated heterocycles. The molecule has 1 fully saturated rings. The number of hydrogen-bond acceptors (Lipinski definition) is 6. The van der Waals surface area contributed by atoms with Gasteiger partial charge in [-0.1, -0.05) is 44.2 Å². The first-order chi connectivity index (χ1) is 16.9. The van der Waals surface area contributed by atoms with E-state index >= 15 is 0 Å². The molecule has 7 heteroatoms. The first-order valence-corrected chi connectivity index (χ1v) is 11.6. The van der Waals surface area contributed by atoms with E-state index < -0.39 is 17.7 Å². The second-order valence-electron chi connectivity index (χ2n) is 8.97. The summed E-state index contributed by atoms with van der Waals surface area (Å²) in [5.41, 5.74) is 3.11. The standard InChI is InChI=1S/C28H26N2O5/c1-17(2)19-5-7-20(8-6-19)25-24(26(31)21-9-10-22-23(14-21)35-13-12-34-22)27(32)28(33)30(25)16-18-4-3-11-29-15-18/h3-11,14-15,17,25,31H,12-13,16H2,1-2H3/t25-/m0/s1. The van der Waals surface area contributed by atoms with Gasteiger partial charge in [0.1, 0.15) is 19.0 Å². The largest absolute Gasteiger partial charge is 0.507 e. The first kappa shape index (κ1) is 22.7. The van der Waals surface area contributed by atoms with E-state index in [0.29, 0.717) is 36.2 Å². The fourth-order valence-corrected chi connectivity index (χ4v) is 4.49. The van der Waals surface area contributed by atoms with E-state index in [9.17, 15) is 14.7 Å². The van der Waals surface area contributed by atoms with Gasteiger partial charge in [0, 0.05) is 24.5 Å². The molecule has 5 rings (SSSR count). The normalized spacial score (nSPS) is 18.8. The van der Waals surface area contributed by atoms with Crippen molar-refractivity contribution in [2.45, 2.75) is 32.4 Å². The van der Waals surface area contributed by atoms with Gasteiger partial charge in [-0.2, -0.15) is 0 Å². The minimum atomic E-state index is -0.746. The highest BCUT2D eigenvalue weighted by Crippen LogP contribution is 2.42. The summed E-state index contributed by atoms with van der Waals surface area (Å²) in [6.07, 6.45) is 3.32. The molecular formula is C28H26N2O5. The van der Waals surface area contributed by atoms with Gasteiger partial charge >= 0.3 is 0 Å². The van der Waals surface area contributed by atoms with Crippen LogP contribution in [0.15, 0.2) is 72.6 Å². The van der Waals surface area contributed by atoms with Gasteiger partial charge in [0.15, 0.2) is 11.5 Å². The summed E-state index contributed by atoms with van der Waals surface area (Å²) in [5.74, 6) is -0.228.